The Morgan fingerprint density at radius 2 is 2.55 bits per heavy atom. The molecule has 1 aliphatic heterocycles. The number of H-pyrrole nitrogens is 1. The molecule has 1 unspecified atom stereocenters. The molecule has 0 aromatic carbocycles. The van der Waals surface area contributed by atoms with Crippen LogP contribution in [0.3, 0.4) is 0 Å². The quantitative estimate of drug-likeness (QED) is 0.689. The van der Waals surface area contributed by atoms with Crippen LogP contribution < -0.4 is 0 Å². The van der Waals surface area contributed by atoms with Crippen LogP contribution in [0.1, 0.15) is 18.2 Å². The van der Waals surface area contributed by atoms with Crippen molar-refractivity contribution in [1.82, 2.24) is 15.2 Å². The second-order valence-corrected chi connectivity index (χ2v) is 2.89. The van der Waals surface area contributed by atoms with Gasteiger partial charge in [0.15, 0.2) is 0 Å². The molecule has 1 atom stereocenters. The fraction of sp³-hybridized carbons (Fsp3) is 0.667. The molecule has 1 fully saturated rings. The third-order valence-corrected chi connectivity index (χ3v) is 1.96. The van der Waals surface area contributed by atoms with E-state index in [9.17, 15) is 0 Å². The largest absolute Gasteiger partial charge is 0.381 e. The Kier molecular flexibility index (Phi) is 1.79. The molecule has 1 aromatic rings. The van der Waals surface area contributed by atoms with Gasteiger partial charge in [-0.1, -0.05) is 0 Å². The van der Waals surface area contributed by atoms with Crippen LogP contribution in [-0.2, 0) is 4.74 Å². The van der Waals surface area contributed by atoms with Gasteiger partial charge in [-0.3, -0.25) is 5.10 Å². The predicted molar refractivity (Wildman–Crippen MR) is 39.6 cm³/mol. The molecule has 0 saturated carbocycles. The van der Waals surface area contributed by atoms with Crippen molar-refractivity contribution in [3.63, 3.8) is 0 Å². The van der Waals surface area contributed by atoms with Crippen LogP contribution >= 0.6 is 11.6 Å². The summed E-state index contributed by atoms with van der Waals surface area (Å²) in [5, 5.41) is 6.79. The second-order valence-electron chi connectivity index (χ2n) is 2.55. The lowest BCUT2D eigenvalue weighted by Gasteiger charge is -1.99. The van der Waals surface area contributed by atoms with Gasteiger partial charge in [-0.05, 0) is 18.0 Å². The standard InChI is InChI=1S/C6H8ClN3O/c7-6-8-5(9-10-6)4-1-2-11-3-4/h4H,1-3H2,(H,8,9,10). The average Bonchev–Trinajstić information content (AvgIpc) is 2.55. The molecule has 1 aliphatic rings. The number of ether oxygens (including phenoxy) is 1. The number of hydrogen-bond acceptors (Lipinski definition) is 3. The van der Waals surface area contributed by atoms with Crippen molar-refractivity contribution in [2.75, 3.05) is 13.2 Å². The molecule has 0 amide bonds. The molecule has 1 N–H and O–H groups in total. The van der Waals surface area contributed by atoms with Crippen molar-refractivity contribution in [3.05, 3.63) is 11.1 Å². The molecule has 2 heterocycles. The molecule has 5 heteroatoms. The maximum atomic E-state index is 5.54. The summed E-state index contributed by atoms with van der Waals surface area (Å²) in [4.78, 5) is 4.01. The van der Waals surface area contributed by atoms with E-state index >= 15 is 0 Å². The molecule has 0 spiro atoms. The first kappa shape index (κ1) is 7.06. The zero-order valence-corrected chi connectivity index (χ0v) is 6.64. The lowest BCUT2D eigenvalue weighted by molar-refractivity contribution is 0.193. The van der Waals surface area contributed by atoms with E-state index in [1.54, 1.807) is 0 Å². The smallest absolute Gasteiger partial charge is 0.242 e. The highest BCUT2D eigenvalue weighted by atomic mass is 35.5. The van der Waals surface area contributed by atoms with E-state index in [0.29, 0.717) is 5.92 Å². The summed E-state index contributed by atoms with van der Waals surface area (Å²) < 4.78 is 5.19. The Labute approximate surface area is 68.9 Å². The highest BCUT2D eigenvalue weighted by molar-refractivity contribution is 6.28. The maximum Gasteiger partial charge on any atom is 0.242 e. The van der Waals surface area contributed by atoms with Gasteiger partial charge in [0.25, 0.3) is 0 Å². The third kappa shape index (κ3) is 1.36. The van der Waals surface area contributed by atoms with Gasteiger partial charge >= 0.3 is 0 Å². The minimum atomic E-state index is 0.284. The number of hydrogen-bond donors (Lipinski definition) is 1. The highest BCUT2D eigenvalue weighted by Gasteiger charge is 2.20. The number of nitrogens with zero attached hydrogens (tertiary/aromatic N) is 2. The summed E-state index contributed by atoms with van der Waals surface area (Å²) in [5.41, 5.74) is 0. The summed E-state index contributed by atoms with van der Waals surface area (Å²) in [6.45, 7) is 1.54. The zero-order chi connectivity index (χ0) is 7.68. The van der Waals surface area contributed by atoms with E-state index in [1.165, 1.54) is 0 Å². The van der Waals surface area contributed by atoms with E-state index in [4.69, 9.17) is 16.3 Å². The van der Waals surface area contributed by atoms with E-state index in [0.717, 1.165) is 25.5 Å². The molecule has 4 nitrogen and oxygen atoms in total. The number of halogens is 1. The summed E-state index contributed by atoms with van der Waals surface area (Å²) in [6, 6.07) is 0. The maximum absolute atomic E-state index is 5.54. The van der Waals surface area contributed by atoms with Crippen molar-refractivity contribution < 1.29 is 4.74 Å². The molecule has 11 heavy (non-hydrogen) atoms. The zero-order valence-electron chi connectivity index (χ0n) is 5.88. The molecular formula is C6H8ClN3O. The predicted octanol–water partition coefficient (Wildman–Crippen LogP) is 0.962. The van der Waals surface area contributed by atoms with Crippen LogP contribution in [0.25, 0.3) is 0 Å². The molecule has 60 valence electrons. The number of aromatic amines is 1. The lowest BCUT2D eigenvalue weighted by atomic mass is 10.1. The van der Waals surface area contributed by atoms with Crippen LogP contribution in [-0.4, -0.2) is 28.4 Å². The van der Waals surface area contributed by atoms with Crippen LogP contribution in [0.15, 0.2) is 0 Å². The molecule has 0 aliphatic carbocycles. The number of aromatic nitrogens is 3. The van der Waals surface area contributed by atoms with E-state index in [1.807, 2.05) is 0 Å². The van der Waals surface area contributed by atoms with Crippen LogP contribution in [0.5, 0.6) is 0 Å². The molecule has 1 saturated heterocycles. The van der Waals surface area contributed by atoms with E-state index in [-0.39, 0.29) is 5.28 Å². The normalized spacial score (nSPS) is 24.3. The molecule has 1 aromatic heterocycles. The van der Waals surface area contributed by atoms with Crippen molar-refractivity contribution >= 4 is 11.6 Å². The first-order valence-electron chi connectivity index (χ1n) is 3.52. The highest BCUT2D eigenvalue weighted by Crippen LogP contribution is 2.22. The monoisotopic (exact) mass is 173 g/mol. The Hall–Kier alpha value is -0.610. The fourth-order valence-corrected chi connectivity index (χ4v) is 1.32. The Bertz CT molecular complexity index is 244. The average molecular weight is 174 g/mol. The number of nitrogens with one attached hydrogen (secondary N) is 1. The third-order valence-electron chi connectivity index (χ3n) is 1.79. The van der Waals surface area contributed by atoms with Crippen molar-refractivity contribution in [2.24, 2.45) is 0 Å². The first-order chi connectivity index (χ1) is 5.36. The second kappa shape index (κ2) is 2.79. The minimum Gasteiger partial charge on any atom is -0.381 e. The summed E-state index contributed by atoms with van der Waals surface area (Å²) >= 11 is 5.54. The fourth-order valence-electron chi connectivity index (χ4n) is 1.19. The van der Waals surface area contributed by atoms with Gasteiger partial charge in [-0.15, -0.1) is 5.10 Å². The van der Waals surface area contributed by atoms with Gasteiger partial charge in [-0.25, -0.2) is 4.98 Å². The van der Waals surface area contributed by atoms with Gasteiger partial charge in [0.05, 0.1) is 6.61 Å². The minimum absolute atomic E-state index is 0.284. The van der Waals surface area contributed by atoms with Gasteiger partial charge < -0.3 is 4.74 Å². The van der Waals surface area contributed by atoms with E-state index in [2.05, 4.69) is 15.2 Å². The summed E-state index contributed by atoms with van der Waals surface area (Å²) in [5.74, 6) is 1.20. The van der Waals surface area contributed by atoms with Crippen LogP contribution in [0.4, 0.5) is 0 Å². The van der Waals surface area contributed by atoms with Crippen molar-refractivity contribution in [2.45, 2.75) is 12.3 Å². The van der Waals surface area contributed by atoms with E-state index < -0.39 is 0 Å². The lowest BCUT2D eigenvalue weighted by Crippen LogP contribution is -1.99. The Balaban J connectivity index is 2.15. The summed E-state index contributed by atoms with van der Waals surface area (Å²) in [6.07, 6.45) is 1.01. The molecule has 0 bridgehead atoms. The summed E-state index contributed by atoms with van der Waals surface area (Å²) in [7, 11) is 0. The molecular weight excluding hydrogens is 166 g/mol. The topological polar surface area (TPSA) is 50.8 Å². The molecule has 0 radical (unpaired) electrons. The Morgan fingerprint density at radius 3 is 3.09 bits per heavy atom. The van der Waals surface area contributed by atoms with Gasteiger partial charge in [0.1, 0.15) is 5.82 Å². The van der Waals surface area contributed by atoms with Crippen molar-refractivity contribution in [1.29, 1.82) is 0 Å². The Morgan fingerprint density at radius 1 is 1.64 bits per heavy atom. The molecule has 2 rings (SSSR count). The van der Waals surface area contributed by atoms with Crippen molar-refractivity contribution in [3.8, 4) is 0 Å². The first-order valence-corrected chi connectivity index (χ1v) is 3.89. The SMILES string of the molecule is Clc1n[nH]c(C2CCOC2)n1. The van der Waals surface area contributed by atoms with Gasteiger partial charge in [0, 0.05) is 12.5 Å². The van der Waals surface area contributed by atoms with Crippen LogP contribution in [0, 0.1) is 0 Å². The number of rotatable bonds is 1. The van der Waals surface area contributed by atoms with Gasteiger partial charge in [-0.2, -0.15) is 0 Å². The van der Waals surface area contributed by atoms with Crippen LogP contribution in [0.2, 0.25) is 5.28 Å². The van der Waals surface area contributed by atoms with Gasteiger partial charge in [0.2, 0.25) is 5.28 Å².